The largest absolute Gasteiger partial charge is 0.311 e. The average molecular weight is 230 g/mol. The van der Waals surface area contributed by atoms with Gasteiger partial charge in [-0.05, 0) is 35.9 Å². The van der Waals surface area contributed by atoms with Crippen LogP contribution in [0.2, 0.25) is 0 Å². The Kier molecular flexibility index (Phi) is 2.94. The Bertz CT molecular complexity index is 495. The second-order valence-electron chi connectivity index (χ2n) is 3.05. The van der Waals surface area contributed by atoms with Crippen LogP contribution < -0.4 is 4.83 Å². The smallest absolute Gasteiger partial charge is 0.234 e. The molecule has 0 radical (unpaired) electrons. The first-order valence-corrected chi connectivity index (χ1v) is 5.56. The first kappa shape index (κ1) is 11.4. The van der Waals surface area contributed by atoms with E-state index in [2.05, 4.69) is 0 Å². The summed E-state index contributed by atoms with van der Waals surface area (Å²) in [6, 6.07) is 4.60. The molecule has 0 unspecified atom stereocenters. The van der Waals surface area contributed by atoms with Gasteiger partial charge in [-0.25, -0.2) is 10.1 Å². The monoisotopic (exact) mass is 230 g/mol. The van der Waals surface area contributed by atoms with Gasteiger partial charge in [0.2, 0.25) is 0 Å². The number of rotatable bonds is 3. The summed E-state index contributed by atoms with van der Waals surface area (Å²) < 4.78 is 22.9. The summed E-state index contributed by atoms with van der Waals surface area (Å²) >= 11 is 0. The van der Waals surface area contributed by atoms with E-state index in [1.54, 1.807) is 19.9 Å². The Balaban J connectivity index is 3.28. The average Bonchev–Trinajstić information content (AvgIpc) is 2.07. The molecule has 0 aromatic heterocycles. The van der Waals surface area contributed by atoms with Gasteiger partial charge in [0, 0.05) is 0 Å². The Morgan fingerprint density at radius 2 is 1.93 bits per heavy atom. The van der Waals surface area contributed by atoms with E-state index in [0.29, 0.717) is 5.56 Å². The number of hydrazine groups is 1. The Morgan fingerprint density at radius 3 is 2.47 bits per heavy atom. The SMILES string of the molecule is Cc1cccc(S(=O)(=O)N[N+](=O)[O-])c1C. The standard InChI is InChI=1S/C8H10N2O4S/c1-6-4-3-5-8(7(6)2)15(13,14)9-10(11)12/h3-5,9H,1-2H3. The van der Waals surface area contributed by atoms with Crippen LogP contribution in [0.5, 0.6) is 0 Å². The highest BCUT2D eigenvalue weighted by Crippen LogP contribution is 2.17. The predicted octanol–water partition coefficient (Wildman–Crippen LogP) is 0.773. The first-order chi connectivity index (χ1) is 6.84. The van der Waals surface area contributed by atoms with Gasteiger partial charge in [-0.15, -0.1) is 0 Å². The molecule has 0 heterocycles. The zero-order valence-electron chi connectivity index (χ0n) is 8.22. The van der Waals surface area contributed by atoms with Crippen molar-refractivity contribution in [2.75, 3.05) is 0 Å². The third-order valence-corrected chi connectivity index (χ3v) is 3.45. The minimum atomic E-state index is -4.06. The van der Waals surface area contributed by atoms with E-state index in [1.807, 2.05) is 0 Å². The fourth-order valence-corrected chi connectivity index (χ4v) is 2.28. The van der Waals surface area contributed by atoms with E-state index in [-0.39, 0.29) is 4.90 Å². The van der Waals surface area contributed by atoms with E-state index in [0.717, 1.165) is 5.56 Å². The number of hydrogen-bond donors (Lipinski definition) is 1. The fourth-order valence-electron chi connectivity index (χ4n) is 1.16. The molecule has 0 atom stereocenters. The lowest BCUT2D eigenvalue weighted by molar-refractivity contribution is -0.518. The highest BCUT2D eigenvalue weighted by atomic mass is 32.2. The molecule has 82 valence electrons. The molecule has 6 nitrogen and oxygen atoms in total. The molecule has 0 aliphatic heterocycles. The minimum Gasteiger partial charge on any atom is -0.234 e. The van der Waals surface area contributed by atoms with Crippen LogP contribution in [-0.2, 0) is 10.0 Å². The lowest BCUT2D eigenvalue weighted by atomic mass is 10.1. The molecule has 0 saturated carbocycles. The van der Waals surface area contributed by atoms with Crippen LogP contribution in [0.25, 0.3) is 0 Å². The van der Waals surface area contributed by atoms with Crippen LogP contribution in [0, 0.1) is 24.0 Å². The first-order valence-electron chi connectivity index (χ1n) is 4.07. The number of sulfonamides is 1. The third-order valence-electron chi connectivity index (χ3n) is 2.04. The molecule has 7 heteroatoms. The Morgan fingerprint density at radius 1 is 1.33 bits per heavy atom. The maximum Gasteiger partial charge on any atom is 0.311 e. The van der Waals surface area contributed by atoms with E-state index in [4.69, 9.17) is 0 Å². The van der Waals surface area contributed by atoms with Gasteiger partial charge in [-0.2, -0.15) is 8.42 Å². The maximum absolute atomic E-state index is 11.5. The highest BCUT2D eigenvalue weighted by molar-refractivity contribution is 7.89. The van der Waals surface area contributed by atoms with Gasteiger partial charge < -0.3 is 0 Å². The fraction of sp³-hybridized carbons (Fsp3) is 0.250. The molecule has 0 amide bonds. The molecule has 1 aromatic carbocycles. The summed E-state index contributed by atoms with van der Waals surface area (Å²) in [6.07, 6.45) is 0. The van der Waals surface area contributed by atoms with E-state index in [1.165, 1.54) is 17.0 Å². The van der Waals surface area contributed by atoms with Crippen molar-refractivity contribution in [2.24, 2.45) is 0 Å². The lowest BCUT2D eigenvalue weighted by Crippen LogP contribution is -2.30. The van der Waals surface area contributed by atoms with Crippen molar-refractivity contribution in [1.29, 1.82) is 0 Å². The van der Waals surface area contributed by atoms with Gasteiger partial charge in [0.05, 0.1) is 4.90 Å². The second kappa shape index (κ2) is 3.85. The van der Waals surface area contributed by atoms with Gasteiger partial charge in [-0.3, -0.25) is 0 Å². The number of benzene rings is 1. The predicted molar refractivity (Wildman–Crippen MR) is 53.2 cm³/mol. The number of nitrogens with one attached hydrogen (secondary N) is 1. The van der Waals surface area contributed by atoms with Crippen molar-refractivity contribution in [1.82, 2.24) is 4.83 Å². The van der Waals surface area contributed by atoms with Crippen molar-refractivity contribution in [3.05, 3.63) is 39.4 Å². The van der Waals surface area contributed by atoms with Crippen molar-refractivity contribution < 1.29 is 13.5 Å². The number of aryl methyl sites for hydroxylation is 1. The Labute approximate surface area is 87.1 Å². The molecule has 0 aliphatic rings. The van der Waals surface area contributed by atoms with Crippen LogP contribution in [0.15, 0.2) is 23.1 Å². The summed E-state index contributed by atoms with van der Waals surface area (Å²) in [5.41, 5.74) is 1.27. The van der Waals surface area contributed by atoms with Gasteiger partial charge in [0.15, 0.2) is 5.03 Å². The van der Waals surface area contributed by atoms with Gasteiger partial charge in [-0.1, -0.05) is 12.1 Å². The molecule has 1 rings (SSSR count). The van der Waals surface area contributed by atoms with Crippen molar-refractivity contribution in [2.45, 2.75) is 18.7 Å². The summed E-state index contributed by atoms with van der Waals surface area (Å²) in [5.74, 6) is 0. The summed E-state index contributed by atoms with van der Waals surface area (Å²) in [5, 5.41) is 9.01. The van der Waals surface area contributed by atoms with E-state index in [9.17, 15) is 18.5 Å². The molecule has 1 N–H and O–H groups in total. The van der Waals surface area contributed by atoms with Crippen LogP contribution in [0.3, 0.4) is 0 Å². The second-order valence-corrected chi connectivity index (χ2v) is 4.68. The van der Waals surface area contributed by atoms with Crippen molar-refractivity contribution in [3.8, 4) is 0 Å². The Hall–Kier alpha value is -1.63. The number of nitro groups is 1. The molecule has 0 bridgehead atoms. The van der Waals surface area contributed by atoms with Gasteiger partial charge in [0.1, 0.15) is 0 Å². The summed E-state index contributed by atoms with van der Waals surface area (Å²) in [4.78, 5) is 11.3. The normalized spacial score (nSPS) is 11.1. The lowest BCUT2D eigenvalue weighted by Gasteiger charge is -2.06. The summed E-state index contributed by atoms with van der Waals surface area (Å²) in [6.45, 7) is 3.34. The highest BCUT2D eigenvalue weighted by Gasteiger charge is 2.21. The minimum absolute atomic E-state index is 0.0702. The molecule has 1 aromatic rings. The number of hydrogen-bond acceptors (Lipinski definition) is 4. The van der Waals surface area contributed by atoms with Crippen molar-refractivity contribution in [3.63, 3.8) is 0 Å². The maximum atomic E-state index is 11.5. The zero-order chi connectivity index (χ0) is 11.6. The summed E-state index contributed by atoms with van der Waals surface area (Å²) in [7, 11) is -4.06. The molecular weight excluding hydrogens is 220 g/mol. The molecule has 15 heavy (non-hydrogen) atoms. The van der Waals surface area contributed by atoms with Crippen LogP contribution >= 0.6 is 0 Å². The molecule has 0 fully saturated rings. The molecule has 0 aliphatic carbocycles. The van der Waals surface area contributed by atoms with Crippen LogP contribution in [-0.4, -0.2) is 13.5 Å². The molecule has 0 spiro atoms. The third kappa shape index (κ3) is 2.44. The van der Waals surface area contributed by atoms with Crippen molar-refractivity contribution >= 4 is 10.0 Å². The molecule has 0 saturated heterocycles. The number of nitrogens with zero attached hydrogens (tertiary/aromatic N) is 1. The van der Waals surface area contributed by atoms with Crippen LogP contribution in [0.1, 0.15) is 11.1 Å². The van der Waals surface area contributed by atoms with E-state index >= 15 is 0 Å². The van der Waals surface area contributed by atoms with Crippen LogP contribution in [0.4, 0.5) is 0 Å². The quantitative estimate of drug-likeness (QED) is 0.613. The van der Waals surface area contributed by atoms with Gasteiger partial charge >= 0.3 is 10.0 Å². The van der Waals surface area contributed by atoms with Gasteiger partial charge in [0.25, 0.3) is 0 Å². The molecular formula is C8H10N2O4S. The van der Waals surface area contributed by atoms with E-state index < -0.39 is 15.1 Å². The zero-order valence-corrected chi connectivity index (χ0v) is 9.04. The topological polar surface area (TPSA) is 89.3 Å².